The second-order valence-corrected chi connectivity index (χ2v) is 5.17. The van der Waals surface area contributed by atoms with Gasteiger partial charge in [0.05, 0.1) is 23.6 Å². The van der Waals surface area contributed by atoms with Gasteiger partial charge >= 0.3 is 6.03 Å². The molecule has 122 valence electrons. The molecule has 1 aromatic carbocycles. The molecule has 0 atom stereocenters. The molecule has 24 heavy (non-hydrogen) atoms. The van der Waals surface area contributed by atoms with Gasteiger partial charge in [-0.15, -0.1) is 0 Å². The van der Waals surface area contributed by atoms with E-state index in [1.54, 1.807) is 29.2 Å². The number of rotatable bonds is 4. The molecule has 2 N–H and O–H groups in total. The maximum Gasteiger partial charge on any atom is 0.319 e. The fourth-order valence-corrected chi connectivity index (χ4v) is 2.31. The summed E-state index contributed by atoms with van der Waals surface area (Å²) < 4.78 is 15.2. The second-order valence-electron chi connectivity index (χ2n) is 5.17. The van der Waals surface area contributed by atoms with Crippen LogP contribution >= 0.6 is 0 Å². The fourth-order valence-electron chi connectivity index (χ4n) is 2.31. The Kier molecular flexibility index (Phi) is 4.51. The number of hydrogen-bond acceptors (Lipinski definition) is 3. The maximum atomic E-state index is 13.5. The Hall–Kier alpha value is -3.22. The van der Waals surface area contributed by atoms with Gasteiger partial charge in [0.2, 0.25) is 0 Å². The molecule has 2 aromatic heterocycles. The highest BCUT2D eigenvalue weighted by atomic mass is 19.1. The Labute approximate surface area is 138 Å². The SMILES string of the molecule is Cn1nc(CNC(=O)Nc2ccccc2F)cc1-c1ccncc1. The van der Waals surface area contributed by atoms with Crippen molar-refractivity contribution in [2.45, 2.75) is 6.54 Å². The summed E-state index contributed by atoms with van der Waals surface area (Å²) in [6.07, 6.45) is 3.42. The molecule has 2 heterocycles. The van der Waals surface area contributed by atoms with Crippen LogP contribution in [-0.2, 0) is 13.6 Å². The standard InChI is InChI=1S/C17H16FN5O/c1-23-16(12-6-8-19-9-7-12)10-13(22-23)11-20-17(24)21-15-5-3-2-4-14(15)18/h2-10H,11H2,1H3,(H2,20,21,24). The Morgan fingerprint density at radius 1 is 1.21 bits per heavy atom. The lowest BCUT2D eigenvalue weighted by atomic mass is 10.2. The predicted octanol–water partition coefficient (Wildman–Crippen LogP) is 2.94. The van der Waals surface area contributed by atoms with Crippen LogP contribution in [0.1, 0.15) is 5.69 Å². The molecule has 0 saturated heterocycles. The number of amides is 2. The summed E-state index contributed by atoms with van der Waals surface area (Å²) in [6.45, 7) is 0.235. The zero-order valence-electron chi connectivity index (χ0n) is 13.0. The van der Waals surface area contributed by atoms with Gasteiger partial charge in [-0.25, -0.2) is 9.18 Å². The largest absolute Gasteiger partial charge is 0.332 e. The third-order valence-electron chi connectivity index (χ3n) is 3.46. The lowest BCUT2D eigenvalue weighted by Gasteiger charge is -2.06. The zero-order chi connectivity index (χ0) is 16.9. The van der Waals surface area contributed by atoms with Crippen LogP contribution < -0.4 is 10.6 Å². The van der Waals surface area contributed by atoms with Crippen LogP contribution in [0.15, 0.2) is 54.9 Å². The van der Waals surface area contributed by atoms with E-state index in [9.17, 15) is 9.18 Å². The number of hydrogen-bond donors (Lipinski definition) is 2. The fraction of sp³-hybridized carbons (Fsp3) is 0.118. The lowest BCUT2D eigenvalue weighted by Crippen LogP contribution is -2.28. The zero-order valence-corrected chi connectivity index (χ0v) is 13.0. The van der Waals surface area contributed by atoms with Gasteiger partial charge in [-0.1, -0.05) is 12.1 Å². The molecule has 0 radical (unpaired) electrons. The number of aromatic nitrogens is 3. The number of carbonyl (C=O) groups is 1. The van der Waals surface area contributed by atoms with Crippen molar-refractivity contribution in [1.29, 1.82) is 0 Å². The normalized spacial score (nSPS) is 10.4. The predicted molar refractivity (Wildman–Crippen MR) is 88.7 cm³/mol. The summed E-state index contributed by atoms with van der Waals surface area (Å²) in [4.78, 5) is 15.9. The number of nitrogens with zero attached hydrogens (tertiary/aromatic N) is 3. The molecular formula is C17H16FN5O. The minimum atomic E-state index is -0.490. The van der Waals surface area contributed by atoms with Gasteiger partial charge in [0.1, 0.15) is 5.82 Å². The smallest absolute Gasteiger partial charge is 0.319 e. The first-order valence-corrected chi connectivity index (χ1v) is 7.36. The summed E-state index contributed by atoms with van der Waals surface area (Å²) >= 11 is 0. The molecule has 0 unspecified atom stereocenters. The van der Waals surface area contributed by atoms with E-state index < -0.39 is 11.8 Å². The Morgan fingerprint density at radius 2 is 1.96 bits per heavy atom. The molecule has 0 saturated carbocycles. The van der Waals surface area contributed by atoms with E-state index in [0.717, 1.165) is 11.3 Å². The van der Waals surface area contributed by atoms with Gasteiger partial charge < -0.3 is 10.6 Å². The molecule has 7 heteroatoms. The summed E-state index contributed by atoms with van der Waals surface area (Å²) in [7, 11) is 1.83. The van der Waals surface area contributed by atoms with Gasteiger partial charge in [0.25, 0.3) is 0 Å². The average Bonchev–Trinajstić information content (AvgIpc) is 2.97. The molecule has 0 fully saturated rings. The van der Waals surface area contributed by atoms with Crippen LogP contribution in [0.2, 0.25) is 0 Å². The number of urea groups is 1. The lowest BCUT2D eigenvalue weighted by molar-refractivity contribution is 0.251. The monoisotopic (exact) mass is 325 g/mol. The van der Waals surface area contributed by atoms with E-state index in [0.29, 0.717) is 5.69 Å². The molecular weight excluding hydrogens is 309 g/mol. The van der Waals surface area contributed by atoms with Crippen molar-refractivity contribution in [1.82, 2.24) is 20.1 Å². The van der Waals surface area contributed by atoms with E-state index in [1.165, 1.54) is 12.1 Å². The van der Waals surface area contributed by atoms with E-state index in [4.69, 9.17) is 0 Å². The number of pyridine rings is 1. The van der Waals surface area contributed by atoms with Crippen LogP contribution in [0.4, 0.5) is 14.9 Å². The Bertz CT molecular complexity index is 847. The van der Waals surface area contributed by atoms with Crippen LogP contribution in [0.25, 0.3) is 11.3 Å². The topological polar surface area (TPSA) is 71.8 Å². The van der Waals surface area contributed by atoms with E-state index in [2.05, 4.69) is 20.7 Å². The van der Waals surface area contributed by atoms with Crippen molar-refractivity contribution in [3.8, 4) is 11.3 Å². The molecule has 0 spiro atoms. The van der Waals surface area contributed by atoms with Crippen LogP contribution in [0, 0.1) is 5.82 Å². The average molecular weight is 325 g/mol. The summed E-state index contributed by atoms with van der Waals surface area (Å²) in [5.74, 6) is -0.481. The van der Waals surface area contributed by atoms with Crippen molar-refractivity contribution in [3.63, 3.8) is 0 Å². The molecule has 6 nitrogen and oxygen atoms in total. The number of benzene rings is 1. The first-order valence-electron chi connectivity index (χ1n) is 7.36. The second kappa shape index (κ2) is 6.91. The van der Waals surface area contributed by atoms with Crippen LogP contribution in [0.3, 0.4) is 0 Å². The van der Waals surface area contributed by atoms with Gasteiger partial charge in [0, 0.05) is 25.0 Å². The number of anilines is 1. The number of para-hydroxylation sites is 1. The maximum absolute atomic E-state index is 13.5. The highest BCUT2D eigenvalue weighted by Crippen LogP contribution is 2.18. The van der Waals surface area contributed by atoms with Crippen LogP contribution in [-0.4, -0.2) is 20.8 Å². The minimum absolute atomic E-state index is 0.133. The van der Waals surface area contributed by atoms with E-state index >= 15 is 0 Å². The summed E-state index contributed by atoms with van der Waals surface area (Å²) in [5.41, 5.74) is 2.74. The van der Waals surface area contributed by atoms with Gasteiger partial charge in [0.15, 0.2) is 0 Å². The first kappa shape index (κ1) is 15.7. The van der Waals surface area contributed by atoms with Gasteiger partial charge in [-0.2, -0.15) is 5.10 Å². The first-order chi connectivity index (χ1) is 11.6. The van der Waals surface area contributed by atoms with E-state index in [-0.39, 0.29) is 12.2 Å². The van der Waals surface area contributed by atoms with Gasteiger partial charge in [-0.05, 0) is 30.3 Å². The summed E-state index contributed by atoms with van der Waals surface area (Å²) in [6, 6.07) is 11.2. The minimum Gasteiger partial charge on any atom is -0.332 e. The highest BCUT2D eigenvalue weighted by molar-refractivity contribution is 5.89. The Balaban J connectivity index is 1.63. The molecule has 0 bridgehead atoms. The third-order valence-corrected chi connectivity index (χ3v) is 3.46. The molecule has 0 aliphatic heterocycles. The van der Waals surface area contributed by atoms with E-state index in [1.807, 2.05) is 25.2 Å². The van der Waals surface area contributed by atoms with Crippen molar-refractivity contribution in [3.05, 3.63) is 66.4 Å². The number of aryl methyl sites for hydroxylation is 1. The number of carbonyl (C=O) groups excluding carboxylic acids is 1. The number of nitrogens with one attached hydrogen (secondary N) is 2. The molecule has 3 aromatic rings. The van der Waals surface area contributed by atoms with Crippen molar-refractivity contribution in [2.24, 2.45) is 7.05 Å². The molecule has 0 aliphatic rings. The van der Waals surface area contributed by atoms with Crippen LogP contribution in [0.5, 0.6) is 0 Å². The van der Waals surface area contributed by atoms with Crippen molar-refractivity contribution in [2.75, 3.05) is 5.32 Å². The van der Waals surface area contributed by atoms with Crippen molar-refractivity contribution < 1.29 is 9.18 Å². The third kappa shape index (κ3) is 3.57. The highest BCUT2D eigenvalue weighted by Gasteiger charge is 2.09. The molecule has 3 rings (SSSR count). The molecule has 0 aliphatic carbocycles. The molecule has 2 amide bonds. The van der Waals surface area contributed by atoms with Gasteiger partial charge in [-0.3, -0.25) is 9.67 Å². The number of halogens is 1. The quantitative estimate of drug-likeness (QED) is 0.775. The van der Waals surface area contributed by atoms with Crippen molar-refractivity contribution >= 4 is 11.7 Å². The Morgan fingerprint density at radius 3 is 2.71 bits per heavy atom. The summed E-state index contributed by atoms with van der Waals surface area (Å²) in [5, 5.41) is 9.49.